The van der Waals surface area contributed by atoms with Crippen LogP contribution in [0.15, 0.2) is 0 Å². The third-order valence-corrected chi connectivity index (χ3v) is 1.29. The highest BCUT2D eigenvalue weighted by Crippen LogP contribution is 1.98. The molecule has 0 rings (SSSR count). The lowest BCUT2D eigenvalue weighted by atomic mass is 10.2. The molecule has 0 saturated carbocycles. The fourth-order valence-electron chi connectivity index (χ4n) is 0.634. The highest BCUT2D eigenvalue weighted by Gasteiger charge is 2.08. The van der Waals surface area contributed by atoms with E-state index in [1.54, 1.807) is 6.92 Å². The molecular formula is C8H12O5. The van der Waals surface area contributed by atoms with Gasteiger partial charge in [-0.05, 0) is 6.42 Å². The van der Waals surface area contributed by atoms with Crippen LogP contribution in [0.3, 0.4) is 0 Å². The summed E-state index contributed by atoms with van der Waals surface area (Å²) in [5.41, 5.74) is 0. The van der Waals surface area contributed by atoms with Crippen molar-refractivity contribution in [1.82, 2.24) is 0 Å². The molecule has 0 bridgehead atoms. The smallest absolute Gasteiger partial charge is 0.313 e. The number of esters is 2. The van der Waals surface area contributed by atoms with Crippen molar-refractivity contribution in [1.29, 1.82) is 0 Å². The molecule has 0 aromatic carbocycles. The van der Waals surface area contributed by atoms with Gasteiger partial charge in [0.1, 0.15) is 0 Å². The molecular weight excluding hydrogens is 176 g/mol. The molecule has 0 fully saturated rings. The van der Waals surface area contributed by atoms with Gasteiger partial charge in [0.15, 0.2) is 0 Å². The van der Waals surface area contributed by atoms with Gasteiger partial charge in [0.25, 0.3) is 0 Å². The van der Waals surface area contributed by atoms with Crippen molar-refractivity contribution in [2.75, 3.05) is 0 Å². The van der Waals surface area contributed by atoms with Crippen molar-refractivity contribution in [2.45, 2.75) is 32.6 Å². The van der Waals surface area contributed by atoms with E-state index in [9.17, 15) is 14.4 Å². The van der Waals surface area contributed by atoms with Crippen LogP contribution in [-0.2, 0) is 19.1 Å². The summed E-state index contributed by atoms with van der Waals surface area (Å²) in [6.45, 7) is 1.58. The second-order valence-electron chi connectivity index (χ2n) is 2.45. The van der Waals surface area contributed by atoms with Crippen LogP contribution >= 0.6 is 0 Å². The van der Waals surface area contributed by atoms with E-state index in [-0.39, 0.29) is 25.7 Å². The van der Waals surface area contributed by atoms with Crippen LogP contribution in [-0.4, -0.2) is 23.0 Å². The van der Waals surface area contributed by atoms with Gasteiger partial charge in [-0.1, -0.05) is 6.92 Å². The minimum absolute atomic E-state index is 0.0297. The Morgan fingerprint density at radius 1 is 1.15 bits per heavy atom. The molecule has 74 valence electrons. The van der Waals surface area contributed by atoms with Gasteiger partial charge in [0.2, 0.25) is 0 Å². The Balaban J connectivity index is 3.52. The van der Waals surface area contributed by atoms with Crippen LogP contribution in [0.25, 0.3) is 0 Å². The molecule has 0 aromatic rings. The zero-order chi connectivity index (χ0) is 10.3. The number of carbonyl (C=O) groups excluding carboxylic acids is 2. The zero-order valence-corrected chi connectivity index (χ0v) is 7.41. The molecule has 5 heteroatoms. The predicted molar refractivity (Wildman–Crippen MR) is 42.9 cm³/mol. The van der Waals surface area contributed by atoms with E-state index in [0.717, 1.165) is 0 Å². The van der Waals surface area contributed by atoms with Crippen molar-refractivity contribution >= 4 is 17.9 Å². The van der Waals surface area contributed by atoms with E-state index in [2.05, 4.69) is 4.74 Å². The zero-order valence-electron chi connectivity index (χ0n) is 7.41. The van der Waals surface area contributed by atoms with E-state index in [1.165, 1.54) is 0 Å². The molecule has 0 aliphatic carbocycles. The quantitative estimate of drug-likeness (QED) is 0.508. The number of ether oxygens (including phenoxy) is 1. The summed E-state index contributed by atoms with van der Waals surface area (Å²) < 4.78 is 4.31. The molecule has 0 amide bonds. The topological polar surface area (TPSA) is 80.7 Å². The molecule has 13 heavy (non-hydrogen) atoms. The summed E-state index contributed by atoms with van der Waals surface area (Å²) in [6, 6.07) is 0. The highest BCUT2D eigenvalue weighted by molar-refractivity contribution is 5.85. The monoisotopic (exact) mass is 188 g/mol. The van der Waals surface area contributed by atoms with Crippen molar-refractivity contribution in [3.05, 3.63) is 0 Å². The molecule has 0 spiro atoms. The lowest BCUT2D eigenvalue weighted by molar-refractivity contribution is -0.159. The van der Waals surface area contributed by atoms with Gasteiger partial charge >= 0.3 is 17.9 Å². The highest BCUT2D eigenvalue weighted by atomic mass is 16.6. The summed E-state index contributed by atoms with van der Waals surface area (Å²) in [5.74, 6) is -2.21. The van der Waals surface area contributed by atoms with Crippen LogP contribution < -0.4 is 0 Å². The second kappa shape index (κ2) is 6.16. The number of carboxylic acids is 1. The van der Waals surface area contributed by atoms with Crippen molar-refractivity contribution in [2.24, 2.45) is 0 Å². The normalized spacial score (nSPS) is 9.31. The first-order chi connectivity index (χ1) is 6.06. The summed E-state index contributed by atoms with van der Waals surface area (Å²) >= 11 is 0. The standard InChI is InChI=1S/C8H12O5/c1-2-7(11)13-8(12)5-3-4-6(9)10/h2-5H2,1H3,(H,9,10). The lowest BCUT2D eigenvalue weighted by Gasteiger charge is -1.99. The maximum atomic E-state index is 10.8. The van der Waals surface area contributed by atoms with Gasteiger partial charge < -0.3 is 9.84 Å². The summed E-state index contributed by atoms with van der Waals surface area (Å²) in [7, 11) is 0. The Hall–Kier alpha value is -1.39. The largest absolute Gasteiger partial charge is 0.481 e. The molecule has 5 nitrogen and oxygen atoms in total. The van der Waals surface area contributed by atoms with Gasteiger partial charge in [-0.3, -0.25) is 14.4 Å². The lowest BCUT2D eigenvalue weighted by Crippen LogP contribution is -2.11. The van der Waals surface area contributed by atoms with Crippen LogP contribution in [0, 0.1) is 0 Å². The Bertz CT molecular complexity index is 209. The number of hydrogen-bond donors (Lipinski definition) is 1. The van der Waals surface area contributed by atoms with Gasteiger partial charge in [0.05, 0.1) is 0 Å². The van der Waals surface area contributed by atoms with Crippen molar-refractivity contribution in [3.63, 3.8) is 0 Å². The number of rotatable bonds is 5. The molecule has 0 atom stereocenters. The fourth-order valence-corrected chi connectivity index (χ4v) is 0.634. The first kappa shape index (κ1) is 11.6. The average molecular weight is 188 g/mol. The molecule has 0 aliphatic rings. The molecule has 0 heterocycles. The molecule has 0 aliphatic heterocycles. The Kier molecular flexibility index (Phi) is 5.50. The van der Waals surface area contributed by atoms with E-state index in [0.29, 0.717) is 0 Å². The number of carboxylic acid groups (broad SMARTS) is 1. The van der Waals surface area contributed by atoms with Crippen molar-refractivity contribution < 1.29 is 24.2 Å². The van der Waals surface area contributed by atoms with Crippen LogP contribution in [0.4, 0.5) is 0 Å². The Morgan fingerprint density at radius 2 is 1.77 bits per heavy atom. The van der Waals surface area contributed by atoms with Gasteiger partial charge in [-0.25, -0.2) is 0 Å². The minimum Gasteiger partial charge on any atom is -0.481 e. The van der Waals surface area contributed by atoms with Crippen LogP contribution in [0.1, 0.15) is 32.6 Å². The third kappa shape index (κ3) is 6.99. The first-order valence-corrected chi connectivity index (χ1v) is 4.01. The number of hydrogen-bond acceptors (Lipinski definition) is 4. The summed E-state index contributed by atoms with van der Waals surface area (Å²) in [5, 5.41) is 8.24. The van der Waals surface area contributed by atoms with Crippen LogP contribution in [0.5, 0.6) is 0 Å². The molecule has 0 unspecified atom stereocenters. The van der Waals surface area contributed by atoms with Gasteiger partial charge in [-0.2, -0.15) is 0 Å². The maximum Gasteiger partial charge on any atom is 0.313 e. The van der Waals surface area contributed by atoms with Crippen molar-refractivity contribution in [3.8, 4) is 0 Å². The molecule has 0 radical (unpaired) electrons. The number of carbonyl (C=O) groups is 3. The minimum atomic E-state index is -0.963. The summed E-state index contributed by atoms with van der Waals surface area (Å²) in [4.78, 5) is 31.4. The summed E-state index contributed by atoms with van der Waals surface area (Å²) in [6.07, 6.45) is 0.225. The predicted octanol–water partition coefficient (Wildman–Crippen LogP) is 0.721. The fraction of sp³-hybridized carbons (Fsp3) is 0.625. The third-order valence-electron chi connectivity index (χ3n) is 1.29. The van der Waals surface area contributed by atoms with E-state index in [4.69, 9.17) is 5.11 Å². The second-order valence-corrected chi connectivity index (χ2v) is 2.45. The molecule has 1 N–H and O–H groups in total. The maximum absolute atomic E-state index is 10.8. The van der Waals surface area contributed by atoms with E-state index in [1.807, 2.05) is 0 Å². The van der Waals surface area contributed by atoms with E-state index >= 15 is 0 Å². The molecule has 0 aromatic heterocycles. The van der Waals surface area contributed by atoms with E-state index < -0.39 is 17.9 Å². The van der Waals surface area contributed by atoms with Gasteiger partial charge in [0, 0.05) is 19.3 Å². The molecule has 0 saturated heterocycles. The number of aliphatic carboxylic acids is 1. The SMILES string of the molecule is CCC(=O)OC(=O)CCCC(=O)O. The Morgan fingerprint density at radius 3 is 2.23 bits per heavy atom. The Labute approximate surface area is 75.7 Å². The van der Waals surface area contributed by atoms with Gasteiger partial charge in [-0.15, -0.1) is 0 Å². The average Bonchev–Trinajstić information content (AvgIpc) is 2.03. The van der Waals surface area contributed by atoms with Crippen LogP contribution in [0.2, 0.25) is 0 Å². The first-order valence-electron chi connectivity index (χ1n) is 4.01.